The standard InChI is InChI=1S/C17H18F3N3O2/c1-11(2)25-15-12(6-5-9-21-15)10-22-16(24)23-14-8-4-3-7-13(14)17(18,19)20/h3-9,11H,10H2,1-2H3,(H2,22,23,24). The summed E-state index contributed by atoms with van der Waals surface area (Å²) < 4.78 is 44.3. The maximum atomic E-state index is 12.9. The second kappa shape index (κ2) is 7.87. The van der Waals surface area contributed by atoms with Crippen LogP contribution in [0.2, 0.25) is 0 Å². The van der Waals surface area contributed by atoms with Gasteiger partial charge in [-0.05, 0) is 32.0 Å². The number of halogens is 3. The Balaban J connectivity index is 2.03. The molecule has 5 nitrogen and oxygen atoms in total. The van der Waals surface area contributed by atoms with Crippen LogP contribution in [-0.4, -0.2) is 17.1 Å². The number of anilines is 1. The molecule has 2 rings (SSSR count). The number of para-hydroxylation sites is 1. The van der Waals surface area contributed by atoms with E-state index >= 15 is 0 Å². The Morgan fingerprint density at radius 3 is 2.60 bits per heavy atom. The van der Waals surface area contributed by atoms with Crippen LogP contribution < -0.4 is 15.4 Å². The molecule has 0 fully saturated rings. The van der Waals surface area contributed by atoms with Crippen LogP contribution in [0.4, 0.5) is 23.7 Å². The lowest BCUT2D eigenvalue weighted by Crippen LogP contribution is -2.29. The van der Waals surface area contributed by atoms with Crippen molar-refractivity contribution in [2.75, 3.05) is 5.32 Å². The Hall–Kier alpha value is -2.77. The van der Waals surface area contributed by atoms with Gasteiger partial charge in [-0.1, -0.05) is 18.2 Å². The largest absolute Gasteiger partial charge is 0.475 e. The number of amides is 2. The Morgan fingerprint density at radius 2 is 1.92 bits per heavy atom. The van der Waals surface area contributed by atoms with Crippen molar-refractivity contribution in [1.29, 1.82) is 0 Å². The fourth-order valence-electron chi connectivity index (χ4n) is 2.07. The van der Waals surface area contributed by atoms with Crippen molar-refractivity contribution in [2.45, 2.75) is 32.7 Å². The highest BCUT2D eigenvalue weighted by Gasteiger charge is 2.33. The van der Waals surface area contributed by atoms with Crippen LogP contribution in [-0.2, 0) is 12.7 Å². The van der Waals surface area contributed by atoms with Crippen molar-refractivity contribution in [1.82, 2.24) is 10.3 Å². The summed E-state index contributed by atoms with van der Waals surface area (Å²) in [6.07, 6.45) is -3.09. The van der Waals surface area contributed by atoms with E-state index in [-0.39, 0.29) is 18.3 Å². The van der Waals surface area contributed by atoms with E-state index in [1.54, 1.807) is 18.3 Å². The summed E-state index contributed by atoms with van der Waals surface area (Å²) in [5.41, 5.74) is -0.594. The predicted octanol–water partition coefficient (Wildman–Crippen LogP) is 4.21. The molecule has 1 aromatic carbocycles. The first-order chi connectivity index (χ1) is 11.8. The first-order valence-corrected chi connectivity index (χ1v) is 7.59. The molecule has 2 aromatic rings. The minimum atomic E-state index is -4.55. The molecule has 0 spiro atoms. The van der Waals surface area contributed by atoms with Crippen molar-refractivity contribution < 1.29 is 22.7 Å². The second-order valence-corrected chi connectivity index (χ2v) is 5.49. The van der Waals surface area contributed by atoms with Crippen LogP contribution in [0.1, 0.15) is 25.0 Å². The molecule has 0 unspecified atom stereocenters. The van der Waals surface area contributed by atoms with Gasteiger partial charge in [-0.15, -0.1) is 0 Å². The summed E-state index contributed by atoms with van der Waals surface area (Å²) in [5.74, 6) is 0.369. The highest BCUT2D eigenvalue weighted by atomic mass is 19.4. The van der Waals surface area contributed by atoms with E-state index < -0.39 is 17.8 Å². The molecule has 0 atom stereocenters. The minimum Gasteiger partial charge on any atom is -0.475 e. The first kappa shape index (κ1) is 18.6. The molecule has 0 radical (unpaired) electrons. The van der Waals surface area contributed by atoms with E-state index in [1.165, 1.54) is 18.2 Å². The summed E-state index contributed by atoms with van der Waals surface area (Å²) >= 11 is 0. The Bertz CT molecular complexity index is 733. The number of ether oxygens (including phenoxy) is 1. The molecule has 1 heterocycles. The van der Waals surface area contributed by atoms with E-state index in [4.69, 9.17) is 4.74 Å². The number of hydrogen-bond donors (Lipinski definition) is 2. The van der Waals surface area contributed by atoms with E-state index in [9.17, 15) is 18.0 Å². The number of hydrogen-bond acceptors (Lipinski definition) is 3. The van der Waals surface area contributed by atoms with Gasteiger partial charge in [0.2, 0.25) is 5.88 Å². The molecule has 1 aromatic heterocycles. The third kappa shape index (κ3) is 5.37. The van der Waals surface area contributed by atoms with Gasteiger partial charge < -0.3 is 15.4 Å². The number of urea groups is 1. The van der Waals surface area contributed by atoms with Gasteiger partial charge in [0.05, 0.1) is 17.4 Å². The van der Waals surface area contributed by atoms with Gasteiger partial charge in [-0.2, -0.15) is 13.2 Å². The quantitative estimate of drug-likeness (QED) is 0.846. The Kier molecular flexibility index (Phi) is 5.84. The normalized spacial score (nSPS) is 11.3. The molecule has 134 valence electrons. The summed E-state index contributed by atoms with van der Waals surface area (Å²) in [5, 5.41) is 4.72. The zero-order valence-corrected chi connectivity index (χ0v) is 13.7. The van der Waals surface area contributed by atoms with Crippen LogP contribution >= 0.6 is 0 Å². The third-order valence-corrected chi connectivity index (χ3v) is 3.12. The van der Waals surface area contributed by atoms with Crippen molar-refractivity contribution in [3.63, 3.8) is 0 Å². The number of alkyl halides is 3. The van der Waals surface area contributed by atoms with Gasteiger partial charge in [0.1, 0.15) is 0 Å². The summed E-state index contributed by atoms with van der Waals surface area (Å²) in [7, 11) is 0. The number of carbonyl (C=O) groups is 1. The molecule has 0 aliphatic carbocycles. The highest BCUT2D eigenvalue weighted by molar-refractivity contribution is 5.90. The number of benzene rings is 1. The van der Waals surface area contributed by atoms with Crippen LogP contribution in [0.3, 0.4) is 0 Å². The molecule has 2 N–H and O–H groups in total. The molecule has 8 heteroatoms. The zero-order valence-electron chi connectivity index (χ0n) is 13.7. The monoisotopic (exact) mass is 353 g/mol. The number of aromatic nitrogens is 1. The molecule has 0 aliphatic heterocycles. The van der Waals surface area contributed by atoms with Crippen LogP contribution in [0.15, 0.2) is 42.6 Å². The Morgan fingerprint density at radius 1 is 1.20 bits per heavy atom. The van der Waals surface area contributed by atoms with Crippen molar-refractivity contribution >= 4 is 11.7 Å². The summed E-state index contributed by atoms with van der Waals surface area (Å²) in [6.45, 7) is 3.75. The fraction of sp³-hybridized carbons (Fsp3) is 0.294. The van der Waals surface area contributed by atoms with Gasteiger partial charge >= 0.3 is 12.2 Å². The van der Waals surface area contributed by atoms with Crippen LogP contribution in [0, 0.1) is 0 Å². The van der Waals surface area contributed by atoms with Crippen LogP contribution in [0.25, 0.3) is 0 Å². The maximum absolute atomic E-state index is 12.9. The summed E-state index contributed by atoms with van der Waals surface area (Å²) in [6, 6.07) is 7.43. The molecule has 0 aliphatic rings. The molecule has 25 heavy (non-hydrogen) atoms. The van der Waals surface area contributed by atoms with Gasteiger partial charge in [-0.25, -0.2) is 9.78 Å². The number of pyridine rings is 1. The zero-order chi connectivity index (χ0) is 18.4. The molecular formula is C17H18F3N3O2. The molecule has 2 amide bonds. The van der Waals surface area contributed by atoms with Crippen molar-refractivity contribution in [3.8, 4) is 5.88 Å². The third-order valence-electron chi connectivity index (χ3n) is 3.12. The molecular weight excluding hydrogens is 335 g/mol. The smallest absolute Gasteiger partial charge is 0.418 e. The molecule has 0 bridgehead atoms. The fourth-order valence-corrected chi connectivity index (χ4v) is 2.07. The molecule has 0 saturated heterocycles. The maximum Gasteiger partial charge on any atom is 0.418 e. The SMILES string of the molecule is CC(C)Oc1ncccc1CNC(=O)Nc1ccccc1C(F)(F)F. The number of nitrogens with one attached hydrogen (secondary N) is 2. The average molecular weight is 353 g/mol. The average Bonchev–Trinajstić information content (AvgIpc) is 2.53. The van der Waals surface area contributed by atoms with E-state index in [1.807, 2.05) is 13.8 Å². The lowest BCUT2D eigenvalue weighted by Gasteiger charge is -2.15. The number of nitrogens with zero attached hydrogens (tertiary/aromatic N) is 1. The molecule has 0 saturated carbocycles. The number of rotatable bonds is 5. The minimum absolute atomic E-state index is 0.0654. The van der Waals surface area contributed by atoms with Gasteiger partial charge in [-0.3, -0.25) is 0 Å². The van der Waals surface area contributed by atoms with Gasteiger partial charge in [0.25, 0.3) is 0 Å². The topological polar surface area (TPSA) is 63.2 Å². The lowest BCUT2D eigenvalue weighted by atomic mass is 10.1. The van der Waals surface area contributed by atoms with Gasteiger partial charge in [0, 0.05) is 18.3 Å². The Labute approximate surface area is 143 Å². The van der Waals surface area contributed by atoms with Crippen molar-refractivity contribution in [3.05, 3.63) is 53.7 Å². The lowest BCUT2D eigenvalue weighted by molar-refractivity contribution is -0.136. The van der Waals surface area contributed by atoms with Crippen molar-refractivity contribution in [2.24, 2.45) is 0 Å². The van der Waals surface area contributed by atoms with E-state index in [2.05, 4.69) is 15.6 Å². The predicted molar refractivity (Wildman–Crippen MR) is 87.3 cm³/mol. The second-order valence-electron chi connectivity index (χ2n) is 5.49. The first-order valence-electron chi connectivity index (χ1n) is 7.59. The van der Waals surface area contributed by atoms with E-state index in [0.717, 1.165) is 6.07 Å². The summed E-state index contributed by atoms with van der Waals surface area (Å²) in [4.78, 5) is 16.0. The number of carbonyl (C=O) groups excluding carboxylic acids is 1. The van der Waals surface area contributed by atoms with Gasteiger partial charge in [0.15, 0.2) is 0 Å². The van der Waals surface area contributed by atoms with Crippen LogP contribution in [0.5, 0.6) is 5.88 Å². The van der Waals surface area contributed by atoms with E-state index in [0.29, 0.717) is 11.4 Å². The highest BCUT2D eigenvalue weighted by Crippen LogP contribution is 2.34.